The summed E-state index contributed by atoms with van der Waals surface area (Å²) in [5.41, 5.74) is 0.218. The van der Waals surface area contributed by atoms with Gasteiger partial charge in [0.1, 0.15) is 11.5 Å². The van der Waals surface area contributed by atoms with Gasteiger partial charge in [0.15, 0.2) is 0 Å². The molecular formula is C15H17ClN4O4. The van der Waals surface area contributed by atoms with Crippen molar-refractivity contribution < 1.29 is 14.3 Å². The molecule has 0 saturated carbocycles. The highest BCUT2D eigenvalue weighted by Gasteiger charge is 2.12. The molecule has 9 heteroatoms. The van der Waals surface area contributed by atoms with Gasteiger partial charge in [0.2, 0.25) is 0 Å². The highest BCUT2D eigenvalue weighted by molar-refractivity contribution is 6.32. The van der Waals surface area contributed by atoms with Gasteiger partial charge < -0.3 is 20.1 Å². The Morgan fingerprint density at radius 2 is 2.04 bits per heavy atom. The van der Waals surface area contributed by atoms with E-state index in [0.29, 0.717) is 28.8 Å². The summed E-state index contributed by atoms with van der Waals surface area (Å²) < 4.78 is 11.7. The van der Waals surface area contributed by atoms with E-state index in [1.165, 1.54) is 43.4 Å². The third-order valence-electron chi connectivity index (χ3n) is 3.15. The van der Waals surface area contributed by atoms with E-state index in [0.717, 1.165) is 0 Å². The smallest absolute Gasteiger partial charge is 0.319 e. The van der Waals surface area contributed by atoms with Gasteiger partial charge in [-0.05, 0) is 6.07 Å². The van der Waals surface area contributed by atoms with Crippen LogP contribution in [-0.4, -0.2) is 36.3 Å². The molecule has 1 aromatic carbocycles. The fourth-order valence-corrected chi connectivity index (χ4v) is 2.20. The predicted octanol–water partition coefficient (Wildman–Crippen LogP) is 1.74. The minimum atomic E-state index is -0.452. The van der Waals surface area contributed by atoms with E-state index in [-0.39, 0.29) is 12.1 Å². The maximum atomic E-state index is 12.0. The second kappa shape index (κ2) is 8.21. The van der Waals surface area contributed by atoms with Gasteiger partial charge in [0.25, 0.3) is 5.56 Å². The molecular weight excluding hydrogens is 336 g/mol. The number of amides is 2. The van der Waals surface area contributed by atoms with Crippen LogP contribution >= 0.6 is 11.6 Å². The largest absolute Gasteiger partial charge is 0.495 e. The standard InChI is InChI=1S/C15H17ClN4O4/c1-23-12-8-13(24-2)11(7-10(12)16)19-15(22)18-5-6-20-9-17-4-3-14(20)21/h3-4,7-9H,5-6H2,1-2H3,(H2,18,19,22). The van der Waals surface area contributed by atoms with Gasteiger partial charge in [0.05, 0.1) is 31.3 Å². The number of hydrogen-bond acceptors (Lipinski definition) is 5. The van der Waals surface area contributed by atoms with Crippen LogP contribution in [0.2, 0.25) is 5.02 Å². The third-order valence-corrected chi connectivity index (χ3v) is 3.45. The van der Waals surface area contributed by atoms with E-state index in [1.54, 1.807) is 6.07 Å². The Morgan fingerprint density at radius 1 is 1.29 bits per heavy atom. The summed E-state index contributed by atoms with van der Waals surface area (Å²) in [7, 11) is 2.96. The summed E-state index contributed by atoms with van der Waals surface area (Å²) in [6.45, 7) is 0.560. The molecule has 2 aromatic rings. The Kier molecular flexibility index (Phi) is 6.02. The van der Waals surface area contributed by atoms with Crippen LogP contribution in [0.1, 0.15) is 0 Å². The van der Waals surface area contributed by atoms with Gasteiger partial charge in [-0.2, -0.15) is 0 Å². The van der Waals surface area contributed by atoms with Gasteiger partial charge in [0, 0.05) is 31.4 Å². The normalized spacial score (nSPS) is 10.1. The second-order valence-corrected chi connectivity index (χ2v) is 5.09. The van der Waals surface area contributed by atoms with Gasteiger partial charge in [-0.3, -0.25) is 9.36 Å². The van der Waals surface area contributed by atoms with E-state index in [4.69, 9.17) is 21.1 Å². The first-order valence-corrected chi connectivity index (χ1v) is 7.39. The van der Waals surface area contributed by atoms with Crippen LogP contribution in [0.25, 0.3) is 0 Å². The first kappa shape index (κ1) is 17.6. The number of nitrogens with zero attached hydrogens (tertiary/aromatic N) is 2. The molecule has 2 N–H and O–H groups in total. The molecule has 0 fully saturated rings. The van der Waals surface area contributed by atoms with E-state index in [1.807, 2.05) is 0 Å². The molecule has 0 radical (unpaired) electrons. The Hall–Kier alpha value is -2.74. The first-order chi connectivity index (χ1) is 11.5. The molecule has 1 heterocycles. The molecule has 0 bridgehead atoms. The Balaban J connectivity index is 1.96. The number of anilines is 1. The molecule has 8 nitrogen and oxygen atoms in total. The number of methoxy groups -OCH3 is 2. The van der Waals surface area contributed by atoms with Gasteiger partial charge >= 0.3 is 6.03 Å². The number of rotatable bonds is 6. The molecule has 0 unspecified atom stereocenters. The zero-order valence-corrected chi connectivity index (χ0v) is 14.0. The van der Waals surface area contributed by atoms with Crippen molar-refractivity contribution >= 4 is 23.3 Å². The van der Waals surface area contributed by atoms with Crippen LogP contribution in [0.4, 0.5) is 10.5 Å². The van der Waals surface area contributed by atoms with E-state index in [2.05, 4.69) is 15.6 Å². The van der Waals surface area contributed by atoms with Crippen molar-refractivity contribution in [3.05, 3.63) is 46.1 Å². The van der Waals surface area contributed by atoms with Crippen molar-refractivity contribution in [2.75, 3.05) is 26.1 Å². The number of halogens is 1. The van der Waals surface area contributed by atoms with Gasteiger partial charge in [-0.1, -0.05) is 11.6 Å². The lowest BCUT2D eigenvalue weighted by Crippen LogP contribution is -2.33. The molecule has 0 aliphatic heterocycles. The fraction of sp³-hybridized carbons (Fsp3) is 0.267. The summed E-state index contributed by atoms with van der Waals surface area (Å²) in [5.74, 6) is 0.852. The zero-order chi connectivity index (χ0) is 17.5. The van der Waals surface area contributed by atoms with E-state index >= 15 is 0 Å². The van der Waals surface area contributed by atoms with Crippen LogP contribution in [-0.2, 0) is 6.54 Å². The molecule has 0 aliphatic carbocycles. The van der Waals surface area contributed by atoms with Crippen LogP contribution in [0, 0.1) is 0 Å². The van der Waals surface area contributed by atoms with Crippen molar-refractivity contribution in [2.24, 2.45) is 0 Å². The maximum absolute atomic E-state index is 12.0. The highest BCUT2D eigenvalue weighted by Crippen LogP contribution is 2.35. The lowest BCUT2D eigenvalue weighted by atomic mass is 10.2. The molecule has 0 saturated heterocycles. The lowest BCUT2D eigenvalue weighted by Gasteiger charge is -2.13. The summed E-state index contributed by atoms with van der Waals surface area (Å²) in [6.07, 6.45) is 2.83. The summed E-state index contributed by atoms with van der Waals surface area (Å²) in [4.78, 5) is 27.3. The topological polar surface area (TPSA) is 94.5 Å². The molecule has 128 valence electrons. The number of carbonyl (C=O) groups is 1. The minimum Gasteiger partial charge on any atom is -0.495 e. The van der Waals surface area contributed by atoms with Crippen LogP contribution in [0.3, 0.4) is 0 Å². The SMILES string of the molecule is COc1cc(OC)c(NC(=O)NCCn2cnccc2=O)cc1Cl. The maximum Gasteiger partial charge on any atom is 0.319 e. The molecule has 2 rings (SSSR count). The lowest BCUT2D eigenvalue weighted by molar-refractivity contribution is 0.251. The molecule has 1 aromatic heterocycles. The van der Waals surface area contributed by atoms with E-state index < -0.39 is 6.03 Å². The number of urea groups is 1. The van der Waals surface area contributed by atoms with Gasteiger partial charge in [-0.25, -0.2) is 9.78 Å². The number of ether oxygens (including phenoxy) is 2. The molecule has 0 spiro atoms. The minimum absolute atomic E-state index is 0.184. The average molecular weight is 353 g/mol. The molecule has 24 heavy (non-hydrogen) atoms. The van der Waals surface area contributed by atoms with Crippen molar-refractivity contribution in [3.8, 4) is 11.5 Å². The van der Waals surface area contributed by atoms with Gasteiger partial charge in [-0.15, -0.1) is 0 Å². The quantitative estimate of drug-likeness (QED) is 0.825. The van der Waals surface area contributed by atoms with E-state index in [9.17, 15) is 9.59 Å². The van der Waals surface area contributed by atoms with Crippen molar-refractivity contribution in [3.63, 3.8) is 0 Å². The fourth-order valence-electron chi connectivity index (χ4n) is 1.96. The Labute approximate surface area is 143 Å². The number of carbonyl (C=O) groups excluding carboxylic acids is 1. The van der Waals surface area contributed by atoms with Crippen LogP contribution in [0.15, 0.2) is 35.5 Å². The van der Waals surface area contributed by atoms with Crippen LogP contribution < -0.4 is 25.7 Å². The molecule has 0 atom stereocenters. The average Bonchev–Trinajstić information content (AvgIpc) is 2.57. The van der Waals surface area contributed by atoms with Crippen molar-refractivity contribution in [1.82, 2.24) is 14.9 Å². The summed E-state index contributed by atoms with van der Waals surface area (Å²) in [5, 5.41) is 5.62. The number of hydrogen-bond donors (Lipinski definition) is 2. The summed E-state index contributed by atoms with van der Waals surface area (Å²) in [6, 6.07) is 4.01. The number of nitrogens with one attached hydrogen (secondary N) is 2. The Bertz CT molecular complexity index is 778. The second-order valence-electron chi connectivity index (χ2n) is 4.68. The van der Waals surface area contributed by atoms with Crippen molar-refractivity contribution in [1.29, 1.82) is 0 Å². The Morgan fingerprint density at radius 3 is 2.71 bits per heavy atom. The number of aromatic nitrogens is 2. The van der Waals surface area contributed by atoms with Crippen LogP contribution in [0.5, 0.6) is 11.5 Å². The molecule has 0 aliphatic rings. The molecule has 2 amide bonds. The van der Waals surface area contributed by atoms with Crippen molar-refractivity contribution in [2.45, 2.75) is 6.54 Å². The number of benzene rings is 1. The highest BCUT2D eigenvalue weighted by atomic mass is 35.5. The zero-order valence-electron chi connectivity index (χ0n) is 13.2. The third kappa shape index (κ3) is 4.39. The summed E-state index contributed by atoms with van der Waals surface area (Å²) >= 11 is 6.05. The first-order valence-electron chi connectivity index (χ1n) is 7.02. The monoisotopic (exact) mass is 352 g/mol. The predicted molar refractivity (Wildman–Crippen MR) is 90.1 cm³/mol.